The Bertz CT molecular complexity index is 298. The maximum absolute atomic E-state index is 12.2. The summed E-state index contributed by atoms with van der Waals surface area (Å²) in [6.07, 6.45) is 5.84. The number of hydrogen-bond acceptors (Lipinski definition) is 3. The third-order valence-electron chi connectivity index (χ3n) is 3.17. The van der Waals surface area contributed by atoms with E-state index in [0.29, 0.717) is 26.1 Å². The van der Waals surface area contributed by atoms with Crippen molar-refractivity contribution in [2.75, 3.05) is 33.3 Å². The van der Waals surface area contributed by atoms with Crippen molar-refractivity contribution in [3.63, 3.8) is 0 Å². The molecule has 0 aromatic carbocycles. The molecule has 1 fully saturated rings. The van der Waals surface area contributed by atoms with E-state index in [2.05, 4.69) is 0 Å². The molecule has 1 heterocycles. The molecule has 0 aromatic heterocycles. The van der Waals surface area contributed by atoms with E-state index in [1.165, 1.54) is 10.7 Å². The molecule has 0 aliphatic carbocycles. The van der Waals surface area contributed by atoms with E-state index in [9.17, 15) is 8.42 Å². The van der Waals surface area contributed by atoms with Crippen LogP contribution in [-0.2, 0) is 10.2 Å². The van der Waals surface area contributed by atoms with Crippen LogP contribution in [0.3, 0.4) is 0 Å². The Morgan fingerprint density at radius 3 is 2.18 bits per heavy atom. The van der Waals surface area contributed by atoms with Crippen LogP contribution in [-0.4, -0.2) is 55.4 Å². The van der Waals surface area contributed by atoms with Gasteiger partial charge in [-0.05, 0) is 19.3 Å². The van der Waals surface area contributed by atoms with Gasteiger partial charge in [0, 0.05) is 33.3 Å². The second-order valence-electron chi connectivity index (χ2n) is 4.57. The third-order valence-corrected chi connectivity index (χ3v) is 5.15. The molecule has 102 valence electrons. The van der Waals surface area contributed by atoms with Gasteiger partial charge in [0.15, 0.2) is 0 Å². The summed E-state index contributed by atoms with van der Waals surface area (Å²) in [6, 6.07) is 0. The van der Waals surface area contributed by atoms with Crippen molar-refractivity contribution < 1.29 is 13.5 Å². The van der Waals surface area contributed by atoms with Gasteiger partial charge in [0.1, 0.15) is 0 Å². The second kappa shape index (κ2) is 7.31. The molecule has 6 heteroatoms. The van der Waals surface area contributed by atoms with E-state index in [4.69, 9.17) is 5.11 Å². The van der Waals surface area contributed by atoms with Crippen LogP contribution in [0.15, 0.2) is 0 Å². The van der Waals surface area contributed by atoms with Crippen molar-refractivity contribution in [1.82, 2.24) is 8.61 Å². The monoisotopic (exact) mass is 264 g/mol. The van der Waals surface area contributed by atoms with Gasteiger partial charge in [0.05, 0.1) is 0 Å². The van der Waals surface area contributed by atoms with Crippen molar-refractivity contribution in [3.05, 3.63) is 0 Å². The van der Waals surface area contributed by atoms with Crippen molar-refractivity contribution in [2.45, 2.75) is 38.5 Å². The summed E-state index contributed by atoms with van der Waals surface area (Å²) in [5, 5.41) is 8.74. The normalized spacial score (nSPS) is 20.2. The molecular formula is C11H24N2O3S. The van der Waals surface area contributed by atoms with Crippen LogP contribution >= 0.6 is 0 Å². The SMILES string of the molecule is CN(CCCO)S(=O)(=O)N1CCCCCCC1. The summed E-state index contributed by atoms with van der Waals surface area (Å²) in [6.45, 7) is 1.67. The van der Waals surface area contributed by atoms with E-state index >= 15 is 0 Å². The van der Waals surface area contributed by atoms with Gasteiger partial charge < -0.3 is 5.11 Å². The molecule has 1 saturated heterocycles. The van der Waals surface area contributed by atoms with Crippen LogP contribution in [0.25, 0.3) is 0 Å². The molecule has 0 unspecified atom stereocenters. The Kier molecular flexibility index (Phi) is 6.40. The van der Waals surface area contributed by atoms with Gasteiger partial charge in [-0.25, -0.2) is 0 Å². The zero-order chi connectivity index (χ0) is 12.7. The molecule has 0 saturated carbocycles. The van der Waals surface area contributed by atoms with Crippen molar-refractivity contribution in [3.8, 4) is 0 Å². The lowest BCUT2D eigenvalue weighted by Gasteiger charge is -2.28. The number of rotatable bonds is 5. The minimum atomic E-state index is -3.32. The number of hydrogen-bond donors (Lipinski definition) is 1. The summed E-state index contributed by atoms with van der Waals surface area (Å²) < 4.78 is 27.4. The maximum atomic E-state index is 12.2. The largest absolute Gasteiger partial charge is 0.396 e. The number of aliphatic hydroxyl groups excluding tert-OH is 1. The first-order valence-electron chi connectivity index (χ1n) is 6.41. The molecule has 0 aromatic rings. The molecule has 1 N–H and O–H groups in total. The summed E-state index contributed by atoms with van der Waals surface area (Å²) in [5.41, 5.74) is 0. The lowest BCUT2D eigenvalue weighted by molar-refractivity contribution is 0.269. The molecular weight excluding hydrogens is 240 g/mol. The highest BCUT2D eigenvalue weighted by molar-refractivity contribution is 7.86. The number of aliphatic hydroxyl groups is 1. The van der Waals surface area contributed by atoms with Gasteiger partial charge in [-0.2, -0.15) is 17.0 Å². The van der Waals surface area contributed by atoms with Gasteiger partial charge in [0.2, 0.25) is 0 Å². The number of nitrogens with zero attached hydrogens (tertiary/aromatic N) is 2. The van der Waals surface area contributed by atoms with E-state index < -0.39 is 10.2 Å². The average molecular weight is 264 g/mol. The quantitative estimate of drug-likeness (QED) is 0.799. The fourth-order valence-electron chi connectivity index (χ4n) is 2.06. The lowest BCUT2D eigenvalue weighted by Crippen LogP contribution is -2.43. The smallest absolute Gasteiger partial charge is 0.281 e. The van der Waals surface area contributed by atoms with Gasteiger partial charge in [0.25, 0.3) is 10.2 Å². The lowest BCUT2D eigenvalue weighted by atomic mass is 10.1. The highest BCUT2D eigenvalue weighted by Gasteiger charge is 2.26. The van der Waals surface area contributed by atoms with E-state index in [0.717, 1.165) is 25.7 Å². The molecule has 0 bridgehead atoms. The van der Waals surface area contributed by atoms with Crippen LogP contribution < -0.4 is 0 Å². The topological polar surface area (TPSA) is 60.9 Å². The predicted octanol–water partition coefficient (Wildman–Crippen LogP) is 0.811. The van der Waals surface area contributed by atoms with Crippen LogP contribution in [0.5, 0.6) is 0 Å². The molecule has 17 heavy (non-hydrogen) atoms. The van der Waals surface area contributed by atoms with Crippen molar-refractivity contribution in [1.29, 1.82) is 0 Å². The molecule has 0 radical (unpaired) electrons. The Morgan fingerprint density at radius 2 is 1.65 bits per heavy atom. The Morgan fingerprint density at radius 1 is 1.12 bits per heavy atom. The standard InChI is InChI=1S/C11H24N2O3S/c1-12(8-7-11-14)17(15,16)13-9-5-3-2-4-6-10-13/h14H,2-11H2,1H3. The fourth-order valence-corrected chi connectivity index (χ4v) is 3.53. The van der Waals surface area contributed by atoms with E-state index in [1.807, 2.05) is 0 Å². The van der Waals surface area contributed by atoms with Gasteiger partial charge >= 0.3 is 0 Å². The van der Waals surface area contributed by atoms with Gasteiger partial charge in [-0.1, -0.05) is 19.3 Å². The summed E-state index contributed by atoms with van der Waals surface area (Å²) in [7, 11) is -1.73. The van der Waals surface area contributed by atoms with Crippen molar-refractivity contribution >= 4 is 10.2 Å². The van der Waals surface area contributed by atoms with Crippen LogP contribution in [0.2, 0.25) is 0 Å². The summed E-state index contributed by atoms with van der Waals surface area (Å²) in [4.78, 5) is 0. The molecule has 0 amide bonds. The van der Waals surface area contributed by atoms with Crippen LogP contribution in [0.4, 0.5) is 0 Å². The minimum absolute atomic E-state index is 0.0276. The average Bonchev–Trinajstić information content (AvgIpc) is 2.24. The summed E-state index contributed by atoms with van der Waals surface area (Å²) in [5.74, 6) is 0. The van der Waals surface area contributed by atoms with E-state index in [1.54, 1.807) is 11.4 Å². The second-order valence-corrected chi connectivity index (χ2v) is 6.61. The van der Waals surface area contributed by atoms with Gasteiger partial charge in [-0.3, -0.25) is 0 Å². The van der Waals surface area contributed by atoms with Gasteiger partial charge in [-0.15, -0.1) is 0 Å². The zero-order valence-electron chi connectivity index (χ0n) is 10.6. The molecule has 0 spiro atoms. The Balaban J connectivity index is 2.59. The van der Waals surface area contributed by atoms with Crippen LogP contribution in [0, 0.1) is 0 Å². The molecule has 1 aliphatic heterocycles. The minimum Gasteiger partial charge on any atom is -0.396 e. The fraction of sp³-hybridized carbons (Fsp3) is 1.00. The van der Waals surface area contributed by atoms with Crippen LogP contribution in [0.1, 0.15) is 38.5 Å². The Hall–Kier alpha value is -0.170. The zero-order valence-corrected chi connectivity index (χ0v) is 11.5. The first-order chi connectivity index (χ1) is 8.09. The first-order valence-corrected chi connectivity index (χ1v) is 7.81. The predicted molar refractivity (Wildman–Crippen MR) is 67.9 cm³/mol. The molecule has 1 aliphatic rings. The van der Waals surface area contributed by atoms with Crippen molar-refractivity contribution in [2.24, 2.45) is 0 Å². The highest BCUT2D eigenvalue weighted by atomic mass is 32.2. The third kappa shape index (κ3) is 4.54. The molecule has 0 atom stereocenters. The van der Waals surface area contributed by atoms with E-state index in [-0.39, 0.29) is 6.61 Å². The first kappa shape index (κ1) is 14.9. The molecule has 5 nitrogen and oxygen atoms in total. The maximum Gasteiger partial charge on any atom is 0.281 e. The highest BCUT2D eigenvalue weighted by Crippen LogP contribution is 2.15. The summed E-state index contributed by atoms with van der Waals surface area (Å²) >= 11 is 0. The molecule has 1 rings (SSSR count). The Labute approximate surface area is 105 Å².